The van der Waals surface area contributed by atoms with Crippen molar-refractivity contribution in [2.45, 2.75) is 24.7 Å². The maximum absolute atomic E-state index is 6.03. The van der Waals surface area contributed by atoms with E-state index in [0.717, 1.165) is 36.7 Å². The second kappa shape index (κ2) is 8.18. The maximum atomic E-state index is 6.03. The summed E-state index contributed by atoms with van der Waals surface area (Å²) in [4.78, 5) is 2.59. The van der Waals surface area contributed by atoms with Gasteiger partial charge in [-0.05, 0) is 79.0 Å². The van der Waals surface area contributed by atoms with Crippen LogP contribution in [0.5, 0.6) is 0 Å². The summed E-state index contributed by atoms with van der Waals surface area (Å²) in [6, 6.07) is 24.9. The zero-order chi connectivity index (χ0) is 20.3. The normalized spacial score (nSPS) is 15.3. The third-order valence-electron chi connectivity index (χ3n) is 6.12. The van der Waals surface area contributed by atoms with E-state index in [1.165, 1.54) is 36.0 Å². The Morgan fingerprint density at radius 2 is 0.897 bits per heavy atom. The molecule has 0 aliphatic carbocycles. The average Bonchev–Trinajstić information content (AvgIpc) is 2.75. The fraction of sp³-hybridized carbons (Fsp3) is 0.280. The molecule has 1 saturated heterocycles. The molecule has 1 aliphatic rings. The minimum atomic E-state index is -0.327. The van der Waals surface area contributed by atoms with Gasteiger partial charge >= 0.3 is 0 Å². The molecule has 1 fully saturated rings. The van der Waals surface area contributed by atoms with E-state index in [0.29, 0.717) is 0 Å². The van der Waals surface area contributed by atoms with Crippen molar-refractivity contribution in [1.82, 2.24) is 4.90 Å². The number of piperidine rings is 1. The maximum Gasteiger partial charge on any atom is 0.0578 e. The van der Waals surface area contributed by atoms with Crippen LogP contribution in [-0.4, -0.2) is 24.5 Å². The molecule has 0 spiro atoms. The lowest BCUT2D eigenvalue weighted by atomic mass is 9.68. The van der Waals surface area contributed by atoms with Crippen LogP contribution >= 0.6 is 0 Å². The summed E-state index contributed by atoms with van der Waals surface area (Å²) >= 11 is 0. The largest absolute Gasteiger partial charge is 0.399 e. The smallest absolute Gasteiger partial charge is 0.0578 e. The molecular weight excluding hydrogens is 356 g/mol. The molecule has 4 rings (SSSR count). The molecule has 0 saturated carbocycles. The number of rotatable bonds is 5. The zero-order valence-corrected chi connectivity index (χ0v) is 16.9. The molecule has 1 aliphatic heterocycles. The number of hydrogen-bond acceptors (Lipinski definition) is 4. The number of nitrogen functional groups attached to an aromatic ring is 3. The van der Waals surface area contributed by atoms with Crippen LogP contribution in [0.4, 0.5) is 17.1 Å². The van der Waals surface area contributed by atoms with Gasteiger partial charge in [0.25, 0.3) is 0 Å². The highest BCUT2D eigenvalue weighted by Crippen LogP contribution is 2.41. The minimum Gasteiger partial charge on any atom is -0.399 e. The lowest BCUT2D eigenvalue weighted by Crippen LogP contribution is -2.44. The van der Waals surface area contributed by atoms with Crippen molar-refractivity contribution in [3.8, 4) is 0 Å². The third kappa shape index (κ3) is 3.94. The second-order valence-corrected chi connectivity index (χ2v) is 8.11. The predicted octanol–water partition coefficient (Wildman–Crippen LogP) is 4.25. The lowest BCUT2D eigenvalue weighted by Gasteiger charge is -2.41. The summed E-state index contributed by atoms with van der Waals surface area (Å²) in [5.41, 5.74) is 23.8. The van der Waals surface area contributed by atoms with Gasteiger partial charge in [0.05, 0.1) is 5.41 Å². The Labute approximate surface area is 173 Å². The van der Waals surface area contributed by atoms with Crippen LogP contribution in [0.15, 0.2) is 72.8 Å². The van der Waals surface area contributed by atoms with E-state index in [2.05, 4.69) is 41.3 Å². The monoisotopic (exact) mass is 386 g/mol. The standard InChI is InChI=1S/C25H30N4/c26-22-10-4-19(5-11-22)25(18-29-16-2-1-3-17-29,20-6-12-23(27)13-7-20)21-8-14-24(28)15-9-21/h4-15H,1-3,16-18,26-28H2. The summed E-state index contributed by atoms with van der Waals surface area (Å²) < 4.78 is 0. The van der Waals surface area contributed by atoms with Crippen LogP contribution in [-0.2, 0) is 5.41 Å². The van der Waals surface area contributed by atoms with Gasteiger partial charge in [0, 0.05) is 23.6 Å². The fourth-order valence-corrected chi connectivity index (χ4v) is 4.53. The van der Waals surface area contributed by atoms with Crippen LogP contribution in [0.3, 0.4) is 0 Å². The zero-order valence-electron chi connectivity index (χ0n) is 16.9. The molecule has 29 heavy (non-hydrogen) atoms. The van der Waals surface area contributed by atoms with Crippen molar-refractivity contribution >= 4 is 17.1 Å². The van der Waals surface area contributed by atoms with Gasteiger partial charge in [-0.25, -0.2) is 0 Å². The lowest BCUT2D eigenvalue weighted by molar-refractivity contribution is 0.203. The predicted molar refractivity (Wildman–Crippen MR) is 123 cm³/mol. The molecule has 0 aromatic heterocycles. The van der Waals surface area contributed by atoms with E-state index < -0.39 is 0 Å². The summed E-state index contributed by atoms with van der Waals surface area (Å²) in [6.45, 7) is 3.16. The van der Waals surface area contributed by atoms with Gasteiger partial charge < -0.3 is 22.1 Å². The van der Waals surface area contributed by atoms with Crippen molar-refractivity contribution in [3.63, 3.8) is 0 Å². The van der Waals surface area contributed by atoms with Crippen molar-refractivity contribution in [2.24, 2.45) is 0 Å². The van der Waals surface area contributed by atoms with Gasteiger partial charge in [-0.1, -0.05) is 42.8 Å². The Kier molecular flexibility index (Phi) is 5.45. The molecule has 3 aromatic carbocycles. The Bertz CT molecular complexity index is 813. The molecule has 0 bridgehead atoms. The van der Waals surface area contributed by atoms with Crippen LogP contribution in [0, 0.1) is 0 Å². The summed E-state index contributed by atoms with van der Waals surface area (Å²) in [5, 5.41) is 0. The van der Waals surface area contributed by atoms with Gasteiger partial charge in [0.1, 0.15) is 0 Å². The van der Waals surface area contributed by atoms with Crippen LogP contribution in [0.1, 0.15) is 36.0 Å². The minimum absolute atomic E-state index is 0.327. The van der Waals surface area contributed by atoms with Crippen molar-refractivity contribution in [3.05, 3.63) is 89.5 Å². The highest BCUT2D eigenvalue weighted by atomic mass is 15.1. The molecule has 1 heterocycles. The Morgan fingerprint density at radius 3 is 1.24 bits per heavy atom. The van der Waals surface area contributed by atoms with Crippen LogP contribution < -0.4 is 17.2 Å². The second-order valence-electron chi connectivity index (χ2n) is 8.11. The molecule has 0 radical (unpaired) electrons. The number of nitrogens with zero attached hydrogens (tertiary/aromatic N) is 1. The SMILES string of the molecule is Nc1ccc(C(CN2CCCCC2)(c2ccc(N)cc2)c2ccc(N)cc2)cc1. The molecule has 0 amide bonds. The van der Waals surface area contributed by atoms with Gasteiger partial charge in [0.15, 0.2) is 0 Å². The van der Waals surface area contributed by atoms with E-state index in [-0.39, 0.29) is 5.41 Å². The number of anilines is 3. The van der Waals surface area contributed by atoms with Crippen molar-refractivity contribution in [2.75, 3.05) is 36.8 Å². The van der Waals surface area contributed by atoms with E-state index in [1.54, 1.807) is 0 Å². The fourth-order valence-electron chi connectivity index (χ4n) is 4.53. The number of hydrogen-bond donors (Lipinski definition) is 3. The molecule has 4 heteroatoms. The number of likely N-dealkylation sites (tertiary alicyclic amines) is 1. The Morgan fingerprint density at radius 1 is 0.552 bits per heavy atom. The van der Waals surface area contributed by atoms with E-state index in [9.17, 15) is 0 Å². The van der Waals surface area contributed by atoms with Crippen LogP contribution in [0.25, 0.3) is 0 Å². The first-order valence-corrected chi connectivity index (χ1v) is 10.4. The average molecular weight is 387 g/mol. The first kappa shape index (κ1) is 19.3. The van der Waals surface area contributed by atoms with Crippen molar-refractivity contribution < 1.29 is 0 Å². The van der Waals surface area contributed by atoms with Gasteiger partial charge in [0.2, 0.25) is 0 Å². The summed E-state index contributed by atoms with van der Waals surface area (Å²) in [7, 11) is 0. The van der Waals surface area contributed by atoms with Gasteiger partial charge in [-0.3, -0.25) is 0 Å². The van der Waals surface area contributed by atoms with Gasteiger partial charge in [-0.2, -0.15) is 0 Å². The quantitative estimate of drug-likeness (QED) is 0.452. The van der Waals surface area contributed by atoms with E-state index in [4.69, 9.17) is 17.2 Å². The summed E-state index contributed by atoms with van der Waals surface area (Å²) in [5.74, 6) is 0. The molecule has 3 aromatic rings. The third-order valence-corrected chi connectivity index (χ3v) is 6.12. The molecule has 6 N–H and O–H groups in total. The number of nitrogens with two attached hydrogens (primary N) is 3. The molecule has 4 nitrogen and oxygen atoms in total. The summed E-state index contributed by atoms with van der Waals surface area (Å²) in [6.07, 6.45) is 3.82. The molecule has 0 unspecified atom stereocenters. The first-order chi connectivity index (χ1) is 14.1. The molecule has 0 atom stereocenters. The first-order valence-electron chi connectivity index (χ1n) is 10.4. The van der Waals surface area contributed by atoms with Crippen LogP contribution in [0.2, 0.25) is 0 Å². The van der Waals surface area contributed by atoms with Crippen molar-refractivity contribution in [1.29, 1.82) is 0 Å². The van der Waals surface area contributed by atoms with Gasteiger partial charge in [-0.15, -0.1) is 0 Å². The highest BCUT2D eigenvalue weighted by molar-refractivity contribution is 5.57. The van der Waals surface area contributed by atoms with E-state index >= 15 is 0 Å². The van der Waals surface area contributed by atoms with E-state index in [1.807, 2.05) is 36.4 Å². The number of benzene rings is 3. The molecule has 150 valence electrons. The topological polar surface area (TPSA) is 81.3 Å². The Balaban J connectivity index is 1.93. The highest BCUT2D eigenvalue weighted by Gasteiger charge is 2.38. The Hall–Kier alpha value is -2.98. The molecular formula is C25H30N4.